The molecule has 2 heterocycles. The molecule has 0 unspecified atom stereocenters. The summed E-state index contributed by atoms with van der Waals surface area (Å²) in [5.74, 6) is -0.867. The van der Waals surface area contributed by atoms with Crippen molar-refractivity contribution in [2.24, 2.45) is 11.1 Å². The van der Waals surface area contributed by atoms with Gasteiger partial charge in [-0.3, -0.25) is 13.8 Å². The lowest BCUT2D eigenvalue weighted by atomic mass is 10.0. The van der Waals surface area contributed by atoms with Crippen molar-refractivity contribution < 1.29 is 49.6 Å². The molecule has 0 aliphatic heterocycles. The number of fused-ring (bicyclic) bond motifs is 1. The Morgan fingerprint density at radius 3 is 2.46 bits per heavy atom. The molecule has 52 heavy (non-hydrogen) atoms. The molecule has 3 aromatic carbocycles. The van der Waals surface area contributed by atoms with Crippen molar-refractivity contribution in [2.45, 2.75) is 42.3 Å². The number of aryl methyl sites for hydroxylation is 1. The SMILES string of the molecule is COC(=O)[C@H](COCc1cccc(OCCOS(=O)(=O)c2ccc(C)cc2)c1)CC(=O)Cn1cc(COc2ccc3nc(S(N)(=O)=O)sc3c2)nn1. The first-order chi connectivity index (χ1) is 24.8. The first kappa shape index (κ1) is 38.4. The molecule has 0 saturated heterocycles. The highest BCUT2D eigenvalue weighted by molar-refractivity contribution is 7.91. The van der Waals surface area contributed by atoms with Crippen molar-refractivity contribution in [1.82, 2.24) is 20.0 Å². The molecule has 276 valence electrons. The summed E-state index contributed by atoms with van der Waals surface area (Å²) in [4.78, 5) is 29.4. The number of hydrogen-bond acceptors (Lipinski definition) is 15. The van der Waals surface area contributed by atoms with Gasteiger partial charge in [-0.25, -0.2) is 23.2 Å². The minimum atomic E-state index is -3.92. The van der Waals surface area contributed by atoms with Gasteiger partial charge in [-0.1, -0.05) is 35.0 Å². The molecule has 0 spiro atoms. The molecule has 5 rings (SSSR count). The lowest BCUT2D eigenvalue weighted by Crippen LogP contribution is -2.26. The summed E-state index contributed by atoms with van der Waals surface area (Å²) in [5, 5.41) is 13.2. The van der Waals surface area contributed by atoms with Crippen LogP contribution in [0.15, 0.2) is 82.2 Å². The lowest BCUT2D eigenvalue weighted by molar-refractivity contribution is -0.149. The maximum atomic E-state index is 12.9. The van der Waals surface area contributed by atoms with E-state index in [1.807, 2.05) is 6.92 Å². The third-order valence-corrected chi connectivity index (χ3v) is 11.0. The number of primary sulfonamides is 1. The second-order valence-corrected chi connectivity index (χ2v) is 15.8. The van der Waals surface area contributed by atoms with Gasteiger partial charge >= 0.3 is 5.97 Å². The molecule has 2 aromatic heterocycles. The monoisotopic (exact) mass is 773 g/mol. The summed E-state index contributed by atoms with van der Waals surface area (Å²) < 4.78 is 76.7. The number of sulfonamides is 1. The number of ketones is 1. The fourth-order valence-electron chi connectivity index (χ4n) is 4.75. The highest BCUT2D eigenvalue weighted by atomic mass is 32.2. The standard InChI is InChI=1S/C33H35N5O11S3/c1-22-6-9-29(10-7-22)52(43,44)49-13-12-47-27-5-3-4-23(14-27)19-46-20-24(32(40)45-2)15-26(39)18-38-17-25(36-37-38)21-48-28-8-11-30-31(16-28)50-33(35-30)51(34,41)42/h3-11,14,16-17,24H,12-13,15,18-21H2,1-2H3,(H2,34,41,42)/t24-/m0/s1. The van der Waals surface area contributed by atoms with Crippen molar-refractivity contribution in [3.05, 3.63) is 89.7 Å². The Labute approximate surface area is 303 Å². The van der Waals surface area contributed by atoms with E-state index in [0.29, 0.717) is 27.4 Å². The van der Waals surface area contributed by atoms with Gasteiger partial charge in [0, 0.05) is 6.42 Å². The summed E-state index contributed by atoms with van der Waals surface area (Å²) in [5.41, 5.74) is 2.55. The van der Waals surface area contributed by atoms with Gasteiger partial charge in [0.05, 0.1) is 47.6 Å². The van der Waals surface area contributed by atoms with E-state index >= 15 is 0 Å². The van der Waals surface area contributed by atoms with Crippen LogP contribution in [-0.4, -0.2) is 75.5 Å². The van der Waals surface area contributed by atoms with Crippen LogP contribution >= 0.6 is 11.3 Å². The lowest BCUT2D eigenvalue weighted by Gasteiger charge is -2.15. The summed E-state index contributed by atoms with van der Waals surface area (Å²) >= 11 is 0.927. The molecule has 0 aliphatic rings. The van der Waals surface area contributed by atoms with E-state index in [1.165, 1.54) is 30.1 Å². The summed E-state index contributed by atoms with van der Waals surface area (Å²) in [6.07, 6.45) is 1.37. The molecule has 19 heteroatoms. The number of nitrogens with zero attached hydrogens (tertiary/aromatic N) is 4. The topological polar surface area (TPSA) is 218 Å². The Bertz CT molecular complexity index is 2240. The molecule has 1 atom stereocenters. The maximum Gasteiger partial charge on any atom is 0.311 e. The number of benzene rings is 3. The molecule has 2 N–H and O–H groups in total. The minimum Gasteiger partial charge on any atom is -0.491 e. The van der Waals surface area contributed by atoms with Crippen molar-refractivity contribution in [3.63, 3.8) is 0 Å². The van der Waals surface area contributed by atoms with Gasteiger partial charge in [-0.05, 0) is 55.0 Å². The van der Waals surface area contributed by atoms with Gasteiger partial charge in [-0.15, -0.1) is 16.4 Å². The number of nitrogens with two attached hydrogens (primary N) is 1. The Balaban J connectivity index is 1.06. The third kappa shape index (κ3) is 10.9. The van der Waals surface area contributed by atoms with Gasteiger partial charge in [0.1, 0.15) is 43.6 Å². The molecule has 0 aliphatic carbocycles. The van der Waals surface area contributed by atoms with Crippen LogP contribution < -0.4 is 14.6 Å². The molecular formula is C33H35N5O11S3. The van der Waals surface area contributed by atoms with E-state index < -0.39 is 32.0 Å². The quantitative estimate of drug-likeness (QED) is 0.0724. The van der Waals surface area contributed by atoms with E-state index in [1.54, 1.807) is 54.6 Å². The first-order valence-corrected chi connectivity index (χ1v) is 19.4. The molecule has 16 nitrogen and oxygen atoms in total. The number of carbonyl (C=O) groups excluding carboxylic acids is 2. The molecule has 0 fully saturated rings. The smallest absolute Gasteiger partial charge is 0.311 e. The van der Waals surface area contributed by atoms with Crippen molar-refractivity contribution in [3.8, 4) is 11.5 Å². The molecular weight excluding hydrogens is 739 g/mol. The normalized spacial score (nSPS) is 12.4. The largest absolute Gasteiger partial charge is 0.491 e. The molecule has 0 bridgehead atoms. The summed E-state index contributed by atoms with van der Waals surface area (Å²) in [6, 6.07) is 18.1. The zero-order chi connectivity index (χ0) is 37.3. The number of aromatic nitrogens is 4. The highest BCUT2D eigenvalue weighted by Gasteiger charge is 2.24. The van der Waals surface area contributed by atoms with E-state index in [0.717, 1.165) is 22.5 Å². The van der Waals surface area contributed by atoms with Gasteiger partial charge in [0.15, 0.2) is 5.78 Å². The third-order valence-electron chi connectivity index (χ3n) is 7.29. The predicted molar refractivity (Wildman–Crippen MR) is 186 cm³/mol. The number of esters is 1. The molecule has 0 amide bonds. The number of Topliss-reactive ketones (excluding diaryl/α,β-unsaturated/α-hetero) is 1. The van der Waals surface area contributed by atoms with E-state index in [9.17, 15) is 26.4 Å². The van der Waals surface area contributed by atoms with Crippen LogP contribution in [0.2, 0.25) is 0 Å². The zero-order valence-corrected chi connectivity index (χ0v) is 30.5. The Hall–Kier alpha value is -4.79. The number of rotatable bonds is 19. The van der Waals surface area contributed by atoms with Crippen molar-refractivity contribution in [1.29, 1.82) is 0 Å². The summed E-state index contributed by atoms with van der Waals surface area (Å²) in [7, 11) is -6.60. The van der Waals surface area contributed by atoms with E-state index in [-0.39, 0.29) is 61.0 Å². The van der Waals surface area contributed by atoms with Crippen LogP contribution in [0.1, 0.15) is 23.2 Å². The second-order valence-electron chi connectivity index (χ2n) is 11.4. The fraction of sp³-hybridized carbons (Fsp3) is 0.303. The number of methoxy groups -OCH3 is 1. The Morgan fingerprint density at radius 1 is 0.942 bits per heavy atom. The van der Waals surface area contributed by atoms with Crippen LogP contribution in [0.25, 0.3) is 10.2 Å². The average molecular weight is 774 g/mol. The predicted octanol–water partition coefficient (Wildman–Crippen LogP) is 3.17. The second kappa shape index (κ2) is 17.2. The number of carbonyl (C=O) groups is 2. The van der Waals surface area contributed by atoms with Crippen LogP contribution in [0, 0.1) is 12.8 Å². The Kier molecular flexibility index (Phi) is 12.7. The van der Waals surface area contributed by atoms with Crippen LogP contribution in [-0.2, 0) is 63.1 Å². The first-order valence-electron chi connectivity index (χ1n) is 15.6. The molecule has 5 aromatic rings. The van der Waals surface area contributed by atoms with Gasteiger partial charge in [0.2, 0.25) is 4.34 Å². The maximum absolute atomic E-state index is 12.9. The number of thiazole rings is 1. The van der Waals surface area contributed by atoms with Gasteiger partial charge in [-0.2, -0.15) is 8.42 Å². The highest BCUT2D eigenvalue weighted by Crippen LogP contribution is 2.28. The van der Waals surface area contributed by atoms with E-state index in [2.05, 4.69) is 15.3 Å². The van der Waals surface area contributed by atoms with Gasteiger partial charge in [0.25, 0.3) is 20.1 Å². The number of hydrogen-bond donors (Lipinski definition) is 1. The molecule has 0 radical (unpaired) electrons. The average Bonchev–Trinajstić information content (AvgIpc) is 3.75. The van der Waals surface area contributed by atoms with E-state index in [4.69, 9.17) is 28.3 Å². The van der Waals surface area contributed by atoms with Crippen molar-refractivity contribution >= 4 is 53.4 Å². The van der Waals surface area contributed by atoms with Crippen molar-refractivity contribution in [2.75, 3.05) is 26.9 Å². The minimum absolute atomic E-state index is 0.0158. The molecule has 0 saturated carbocycles. The van der Waals surface area contributed by atoms with Crippen LogP contribution in [0.3, 0.4) is 0 Å². The van der Waals surface area contributed by atoms with Crippen LogP contribution in [0.5, 0.6) is 11.5 Å². The summed E-state index contributed by atoms with van der Waals surface area (Å²) in [6.45, 7) is 1.54. The zero-order valence-electron chi connectivity index (χ0n) is 28.0. The fourth-order valence-corrected chi connectivity index (χ4v) is 7.33. The van der Waals surface area contributed by atoms with Gasteiger partial charge < -0.3 is 18.9 Å². The number of ether oxygens (including phenoxy) is 4. The Morgan fingerprint density at radius 2 is 1.71 bits per heavy atom. The van der Waals surface area contributed by atoms with Crippen LogP contribution in [0.4, 0.5) is 0 Å².